The van der Waals surface area contributed by atoms with E-state index in [-0.39, 0.29) is 11.8 Å². The van der Waals surface area contributed by atoms with Crippen molar-refractivity contribution in [3.8, 4) is 0 Å². The molecular weight excluding hydrogens is 292 g/mol. The molecule has 6 heteroatoms. The van der Waals surface area contributed by atoms with Gasteiger partial charge in [-0.05, 0) is 43.5 Å². The van der Waals surface area contributed by atoms with E-state index >= 15 is 0 Å². The highest BCUT2D eigenvalue weighted by Crippen LogP contribution is 2.33. The summed E-state index contributed by atoms with van der Waals surface area (Å²) in [6.07, 6.45) is 2.74. The summed E-state index contributed by atoms with van der Waals surface area (Å²) < 4.78 is 0. The lowest BCUT2D eigenvalue weighted by atomic mass is 9.85. The van der Waals surface area contributed by atoms with Crippen LogP contribution in [0.4, 0.5) is 0 Å². The van der Waals surface area contributed by atoms with Crippen molar-refractivity contribution in [2.45, 2.75) is 25.8 Å². The van der Waals surface area contributed by atoms with Crippen LogP contribution in [0, 0.1) is 6.92 Å². The smallest absolute Gasteiger partial charge is 0.265 e. The molecule has 0 aromatic carbocycles. The molecule has 20 heavy (non-hydrogen) atoms. The van der Waals surface area contributed by atoms with E-state index in [1.807, 2.05) is 31.5 Å². The van der Waals surface area contributed by atoms with Gasteiger partial charge in [0.1, 0.15) is 5.54 Å². The third-order valence-electron chi connectivity index (χ3n) is 3.80. The number of hydrogen-bond acceptors (Lipinski definition) is 4. The maximum absolute atomic E-state index is 12.5. The van der Waals surface area contributed by atoms with Gasteiger partial charge in [0, 0.05) is 18.8 Å². The first-order valence-corrected chi connectivity index (χ1v) is 8.91. The van der Waals surface area contributed by atoms with Gasteiger partial charge in [0.05, 0.1) is 4.88 Å². The lowest BCUT2D eigenvalue weighted by Crippen LogP contribution is -2.67. The summed E-state index contributed by atoms with van der Waals surface area (Å²) in [5.74, 6) is 0.825. The van der Waals surface area contributed by atoms with Crippen LogP contribution < -0.4 is 5.32 Å². The normalized spacial score (nSPS) is 21.4. The van der Waals surface area contributed by atoms with Gasteiger partial charge in [0.2, 0.25) is 5.91 Å². The third-order valence-corrected chi connectivity index (χ3v) is 5.42. The first-order chi connectivity index (χ1) is 9.50. The highest BCUT2D eigenvalue weighted by Gasteiger charge is 2.49. The molecule has 1 aromatic heterocycles. The SMILES string of the molecule is CSCCNC(=O)C1(C)CCN1C(=O)c1sccc1C. The van der Waals surface area contributed by atoms with Crippen LogP contribution >= 0.6 is 23.1 Å². The number of carbonyl (C=O) groups is 2. The number of thiophene rings is 1. The van der Waals surface area contributed by atoms with E-state index in [0.717, 1.165) is 22.6 Å². The number of amides is 2. The lowest BCUT2D eigenvalue weighted by Gasteiger charge is -2.49. The topological polar surface area (TPSA) is 49.4 Å². The molecule has 1 atom stereocenters. The minimum Gasteiger partial charge on any atom is -0.353 e. The molecule has 1 saturated heterocycles. The Morgan fingerprint density at radius 3 is 2.80 bits per heavy atom. The molecule has 0 bridgehead atoms. The third kappa shape index (κ3) is 2.72. The Hall–Kier alpha value is -1.01. The molecule has 1 N–H and O–H groups in total. The quantitative estimate of drug-likeness (QED) is 0.848. The van der Waals surface area contributed by atoms with Gasteiger partial charge < -0.3 is 10.2 Å². The Kier molecular flexibility index (Phi) is 4.75. The molecule has 0 saturated carbocycles. The van der Waals surface area contributed by atoms with E-state index in [4.69, 9.17) is 0 Å². The number of nitrogens with one attached hydrogen (secondary N) is 1. The van der Waals surface area contributed by atoms with Gasteiger partial charge in [-0.25, -0.2) is 0 Å². The van der Waals surface area contributed by atoms with Crippen LogP contribution in [0.5, 0.6) is 0 Å². The summed E-state index contributed by atoms with van der Waals surface area (Å²) in [6, 6.07) is 1.94. The molecular formula is C14H20N2O2S2. The second-order valence-corrected chi connectivity index (χ2v) is 7.06. The molecule has 110 valence electrons. The number of rotatable bonds is 5. The van der Waals surface area contributed by atoms with E-state index in [1.54, 1.807) is 16.7 Å². The molecule has 0 spiro atoms. The molecule has 0 aliphatic carbocycles. The number of nitrogens with zero attached hydrogens (tertiary/aromatic N) is 1. The molecule has 2 rings (SSSR count). The summed E-state index contributed by atoms with van der Waals surface area (Å²) in [4.78, 5) is 27.2. The molecule has 4 nitrogen and oxygen atoms in total. The minimum atomic E-state index is -0.689. The van der Waals surface area contributed by atoms with Crippen molar-refractivity contribution >= 4 is 34.9 Å². The summed E-state index contributed by atoms with van der Waals surface area (Å²) in [5.41, 5.74) is 0.295. The van der Waals surface area contributed by atoms with Crippen molar-refractivity contribution in [2.24, 2.45) is 0 Å². The number of aryl methyl sites for hydroxylation is 1. The van der Waals surface area contributed by atoms with Crippen LogP contribution in [0.15, 0.2) is 11.4 Å². The molecule has 2 heterocycles. The summed E-state index contributed by atoms with van der Waals surface area (Å²) in [7, 11) is 0. The Morgan fingerprint density at radius 1 is 1.55 bits per heavy atom. The fraction of sp³-hybridized carbons (Fsp3) is 0.571. The molecule has 1 aromatic rings. The summed E-state index contributed by atoms with van der Waals surface area (Å²) >= 11 is 3.14. The van der Waals surface area contributed by atoms with Crippen molar-refractivity contribution in [3.63, 3.8) is 0 Å². The predicted octanol–water partition coefficient (Wildman–Crippen LogP) is 2.14. The average molecular weight is 312 g/mol. The van der Waals surface area contributed by atoms with Crippen LogP contribution in [0.2, 0.25) is 0 Å². The highest BCUT2D eigenvalue weighted by molar-refractivity contribution is 7.98. The Labute approximate surface area is 127 Å². The van der Waals surface area contributed by atoms with Gasteiger partial charge >= 0.3 is 0 Å². The predicted molar refractivity (Wildman–Crippen MR) is 84.5 cm³/mol. The Morgan fingerprint density at radius 2 is 2.30 bits per heavy atom. The number of carbonyl (C=O) groups excluding carboxylic acids is 2. The summed E-state index contributed by atoms with van der Waals surface area (Å²) in [5, 5.41) is 4.84. The van der Waals surface area contributed by atoms with E-state index in [9.17, 15) is 9.59 Å². The van der Waals surface area contributed by atoms with Crippen LogP contribution in [0.1, 0.15) is 28.6 Å². The van der Waals surface area contributed by atoms with Gasteiger partial charge in [-0.3, -0.25) is 9.59 Å². The number of hydrogen-bond donors (Lipinski definition) is 1. The number of thioether (sulfide) groups is 1. The average Bonchev–Trinajstić information content (AvgIpc) is 2.83. The largest absolute Gasteiger partial charge is 0.353 e. The fourth-order valence-corrected chi connectivity index (χ4v) is 3.47. The van der Waals surface area contributed by atoms with E-state index in [1.165, 1.54) is 11.3 Å². The molecule has 0 radical (unpaired) electrons. The minimum absolute atomic E-state index is 0.0220. The van der Waals surface area contributed by atoms with Gasteiger partial charge in [-0.1, -0.05) is 0 Å². The molecule has 1 aliphatic rings. The highest BCUT2D eigenvalue weighted by atomic mass is 32.2. The van der Waals surface area contributed by atoms with E-state index in [0.29, 0.717) is 13.1 Å². The van der Waals surface area contributed by atoms with Crippen molar-refractivity contribution in [1.82, 2.24) is 10.2 Å². The molecule has 1 unspecified atom stereocenters. The van der Waals surface area contributed by atoms with Gasteiger partial charge in [0.15, 0.2) is 0 Å². The van der Waals surface area contributed by atoms with Crippen molar-refractivity contribution in [3.05, 3.63) is 21.9 Å². The maximum atomic E-state index is 12.5. The van der Waals surface area contributed by atoms with Crippen LogP contribution in [0.3, 0.4) is 0 Å². The Balaban J connectivity index is 2.05. The maximum Gasteiger partial charge on any atom is 0.265 e. The van der Waals surface area contributed by atoms with Gasteiger partial charge in [0.25, 0.3) is 5.91 Å². The van der Waals surface area contributed by atoms with Gasteiger partial charge in [-0.2, -0.15) is 11.8 Å². The molecule has 1 fully saturated rings. The number of likely N-dealkylation sites (tertiary alicyclic amines) is 1. The molecule has 1 aliphatic heterocycles. The van der Waals surface area contributed by atoms with Crippen LogP contribution in [-0.2, 0) is 4.79 Å². The van der Waals surface area contributed by atoms with Crippen molar-refractivity contribution in [1.29, 1.82) is 0 Å². The van der Waals surface area contributed by atoms with Gasteiger partial charge in [-0.15, -0.1) is 11.3 Å². The van der Waals surface area contributed by atoms with E-state index < -0.39 is 5.54 Å². The fourth-order valence-electron chi connectivity index (χ4n) is 2.29. The second-order valence-electron chi connectivity index (χ2n) is 5.16. The van der Waals surface area contributed by atoms with Crippen molar-refractivity contribution in [2.75, 3.05) is 25.1 Å². The first-order valence-electron chi connectivity index (χ1n) is 6.64. The van der Waals surface area contributed by atoms with Crippen LogP contribution in [0.25, 0.3) is 0 Å². The molecule has 2 amide bonds. The Bertz CT molecular complexity index is 515. The standard InChI is InChI=1S/C14H20N2O2S2/c1-10-4-8-20-11(10)12(17)16-7-5-14(16,2)13(18)15-6-9-19-3/h4,8H,5-7,9H2,1-3H3,(H,15,18). The summed E-state index contributed by atoms with van der Waals surface area (Å²) in [6.45, 7) is 5.09. The van der Waals surface area contributed by atoms with E-state index in [2.05, 4.69) is 5.32 Å². The zero-order chi connectivity index (χ0) is 14.8. The zero-order valence-corrected chi connectivity index (χ0v) is 13.7. The van der Waals surface area contributed by atoms with Crippen molar-refractivity contribution < 1.29 is 9.59 Å². The zero-order valence-electron chi connectivity index (χ0n) is 12.1. The van der Waals surface area contributed by atoms with Crippen LogP contribution in [-0.4, -0.2) is 47.4 Å². The lowest BCUT2D eigenvalue weighted by molar-refractivity contribution is -0.137. The monoisotopic (exact) mass is 312 g/mol. The second kappa shape index (κ2) is 6.18. The first kappa shape index (κ1) is 15.4.